The quantitative estimate of drug-likeness (QED) is 0.619. The summed E-state index contributed by atoms with van der Waals surface area (Å²) in [5.41, 5.74) is 1.67. The molecule has 0 aliphatic heterocycles. The Hall–Kier alpha value is -1.93. The largest absolute Gasteiger partial charge is 0.497 e. The zero-order chi connectivity index (χ0) is 18.6. The van der Waals surface area contributed by atoms with Gasteiger partial charge in [-0.25, -0.2) is 13.1 Å². The molecule has 0 aliphatic rings. The minimum atomic E-state index is -3.47. The van der Waals surface area contributed by atoms with Crippen molar-refractivity contribution in [3.63, 3.8) is 0 Å². The molecule has 2 N–H and O–H groups in total. The SMILES string of the molecule is COc1ccc(CCS(=O)(=O)NCC(O)c2csc3ccccc23)cc1. The van der Waals surface area contributed by atoms with E-state index < -0.39 is 16.1 Å². The molecule has 0 bridgehead atoms. The highest BCUT2D eigenvalue weighted by atomic mass is 32.2. The van der Waals surface area contributed by atoms with Crippen LogP contribution in [0.4, 0.5) is 0 Å². The molecule has 1 atom stereocenters. The van der Waals surface area contributed by atoms with Crippen molar-refractivity contribution in [1.82, 2.24) is 4.72 Å². The van der Waals surface area contributed by atoms with Crippen LogP contribution in [0.2, 0.25) is 0 Å². The van der Waals surface area contributed by atoms with Gasteiger partial charge in [0.05, 0.1) is 19.0 Å². The maximum absolute atomic E-state index is 12.2. The number of fused-ring (bicyclic) bond motifs is 1. The van der Waals surface area contributed by atoms with Gasteiger partial charge in [0.25, 0.3) is 0 Å². The van der Waals surface area contributed by atoms with Gasteiger partial charge >= 0.3 is 0 Å². The predicted octanol–water partition coefficient (Wildman–Crippen LogP) is 3.11. The fraction of sp³-hybridized carbons (Fsp3) is 0.263. The topological polar surface area (TPSA) is 75.6 Å². The maximum Gasteiger partial charge on any atom is 0.212 e. The van der Waals surface area contributed by atoms with Crippen LogP contribution >= 0.6 is 11.3 Å². The number of ether oxygens (including phenoxy) is 1. The van der Waals surface area contributed by atoms with Crippen molar-refractivity contribution in [2.75, 3.05) is 19.4 Å². The van der Waals surface area contributed by atoms with Gasteiger partial charge in [-0.15, -0.1) is 11.3 Å². The summed E-state index contributed by atoms with van der Waals surface area (Å²) in [5, 5.41) is 13.2. The second-order valence-electron chi connectivity index (χ2n) is 5.97. The monoisotopic (exact) mass is 391 g/mol. The Morgan fingerprint density at radius 3 is 2.62 bits per heavy atom. The number of aliphatic hydroxyl groups excluding tert-OH is 1. The molecule has 1 aromatic heterocycles. The van der Waals surface area contributed by atoms with Crippen LogP contribution < -0.4 is 9.46 Å². The number of methoxy groups -OCH3 is 1. The minimum Gasteiger partial charge on any atom is -0.497 e. The first-order valence-electron chi connectivity index (χ1n) is 8.23. The molecule has 26 heavy (non-hydrogen) atoms. The number of aliphatic hydroxyl groups is 1. The van der Waals surface area contributed by atoms with E-state index in [1.165, 1.54) is 11.3 Å². The van der Waals surface area contributed by atoms with Crippen molar-refractivity contribution in [3.05, 3.63) is 65.0 Å². The summed E-state index contributed by atoms with van der Waals surface area (Å²) in [6.45, 7) is -0.0360. The molecule has 0 amide bonds. The van der Waals surface area contributed by atoms with E-state index in [1.54, 1.807) is 19.2 Å². The van der Waals surface area contributed by atoms with Crippen molar-refractivity contribution in [1.29, 1.82) is 0 Å². The molecule has 3 aromatic rings. The Morgan fingerprint density at radius 1 is 1.15 bits per heavy atom. The summed E-state index contributed by atoms with van der Waals surface area (Å²) in [5.74, 6) is 0.706. The molecule has 1 unspecified atom stereocenters. The third-order valence-electron chi connectivity index (χ3n) is 4.19. The van der Waals surface area contributed by atoms with Gasteiger partial charge in [0, 0.05) is 16.8 Å². The number of aryl methyl sites for hydroxylation is 1. The fourth-order valence-electron chi connectivity index (χ4n) is 2.69. The Balaban J connectivity index is 1.57. The molecule has 3 rings (SSSR count). The van der Waals surface area contributed by atoms with E-state index in [0.29, 0.717) is 6.42 Å². The van der Waals surface area contributed by atoms with Crippen LogP contribution in [-0.4, -0.2) is 32.9 Å². The number of hydrogen-bond acceptors (Lipinski definition) is 5. The summed E-state index contributed by atoms with van der Waals surface area (Å²) in [7, 11) is -1.88. The normalized spacial score (nSPS) is 13.0. The maximum atomic E-state index is 12.2. The molecular formula is C19H21NO4S2. The molecule has 7 heteroatoms. The van der Waals surface area contributed by atoms with Crippen molar-refractivity contribution in [3.8, 4) is 5.75 Å². The number of thiophene rings is 1. The lowest BCUT2D eigenvalue weighted by Gasteiger charge is -2.12. The highest BCUT2D eigenvalue weighted by molar-refractivity contribution is 7.89. The smallest absolute Gasteiger partial charge is 0.212 e. The minimum absolute atomic E-state index is 0.0313. The fourth-order valence-corrected chi connectivity index (χ4v) is 4.76. The first-order chi connectivity index (χ1) is 12.5. The molecule has 2 aromatic carbocycles. The molecule has 0 radical (unpaired) electrons. The van der Waals surface area contributed by atoms with Crippen molar-refractivity contribution < 1.29 is 18.3 Å². The van der Waals surface area contributed by atoms with Crippen LogP contribution in [0.5, 0.6) is 5.75 Å². The standard InChI is InChI=1S/C19H21NO4S2/c1-24-15-8-6-14(7-9-15)10-11-26(22,23)20-12-18(21)17-13-25-19-5-3-2-4-16(17)19/h2-9,13,18,20-21H,10-12H2,1H3. The zero-order valence-corrected chi connectivity index (χ0v) is 16.0. The Labute approximate surface area is 157 Å². The Morgan fingerprint density at radius 2 is 1.88 bits per heavy atom. The van der Waals surface area contributed by atoms with E-state index in [1.807, 2.05) is 41.8 Å². The van der Waals surface area contributed by atoms with Gasteiger partial charge < -0.3 is 9.84 Å². The summed E-state index contributed by atoms with van der Waals surface area (Å²) < 4.78 is 33.1. The van der Waals surface area contributed by atoms with Gasteiger partial charge in [0.15, 0.2) is 0 Å². The van der Waals surface area contributed by atoms with E-state index in [9.17, 15) is 13.5 Å². The van der Waals surface area contributed by atoms with E-state index in [4.69, 9.17) is 4.74 Å². The van der Waals surface area contributed by atoms with E-state index >= 15 is 0 Å². The van der Waals surface area contributed by atoms with Crippen LogP contribution in [0.3, 0.4) is 0 Å². The third-order valence-corrected chi connectivity index (χ3v) is 6.51. The molecular weight excluding hydrogens is 370 g/mol. The van der Waals surface area contributed by atoms with Crippen LogP contribution in [0.25, 0.3) is 10.1 Å². The second-order valence-corrected chi connectivity index (χ2v) is 8.81. The first kappa shape index (κ1) is 18.8. The van der Waals surface area contributed by atoms with Gasteiger partial charge in [0.1, 0.15) is 5.75 Å². The summed E-state index contributed by atoms with van der Waals surface area (Å²) >= 11 is 1.54. The third kappa shape index (κ3) is 4.62. The van der Waals surface area contributed by atoms with E-state index in [2.05, 4.69) is 4.72 Å². The summed E-state index contributed by atoms with van der Waals surface area (Å²) in [6.07, 6.45) is -0.474. The van der Waals surface area contributed by atoms with Crippen LogP contribution in [0.15, 0.2) is 53.9 Å². The van der Waals surface area contributed by atoms with E-state index in [0.717, 1.165) is 27.0 Å². The number of sulfonamides is 1. The molecule has 138 valence electrons. The molecule has 0 fully saturated rings. The summed E-state index contributed by atoms with van der Waals surface area (Å²) in [6, 6.07) is 15.1. The highest BCUT2D eigenvalue weighted by Gasteiger charge is 2.17. The Kier molecular flexibility index (Phi) is 5.93. The van der Waals surface area contributed by atoms with Gasteiger partial charge in [0.2, 0.25) is 10.0 Å². The number of benzene rings is 2. The highest BCUT2D eigenvalue weighted by Crippen LogP contribution is 2.29. The Bertz CT molecular complexity index is 965. The van der Waals surface area contributed by atoms with Gasteiger partial charge in [-0.1, -0.05) is 30.3 Å². The molecule has 0 saturated carbocycles. The lowest BCUT2D eigenvalue weighted by molar-refractivity contribution is 0.184. The van der Waals surface area contributed by atoms with Crippen LogP contribution in [0.1, 0.15) is 17.2 Å². The average molecular weight is 392 g/mol. The van der Waals surface area contributed by atoms with Gasteiger partial charge in [-0.05, 0) is 40.9 Å². The van der Waals surface area contributed by atoms with Crippen LogP contribution in [0, 0.1) is 0 Å². The van der Waals surface area contributed by atoms with Crippen molar-refractivity contribution in [2.24, 2.45) is 0 Å². The molecule has 5 nitrogen and oxygen atoms in total. The molecule has 0 spiro atoms. The molecule has 0 aliphatic carbocycles. The van der Waals surface area contributed by atoms with Gasteiger partial charge in [-0.2, -0.15) is 0 Å². The lowest BCUT2D eigenvalue weighted by atomic mass is 10.1. The van der Waals surface area contributed by atoms with Gasteiger partial charge in [-0.3, -0.25) is 0 Å². The second kappa shape index (κ2) is 8.18. The van der Waals surface area contributed by atoms with E-state index in [-0.39, 0.29) is 12.3 Å². The number of rotatable bonds is 8. The number of hydrogen-bond donors (Lipinski definition) is 2. The van der Waals surface area contributed by atoms with Crippen molar-refractivity contribution in [2.45, 2.75) is 12.5 Å². The summed E-state index contributed by atoms with van der Waals surface area (Å²) in [4.78, 5) is 0. The van der Waals surface area contributed by atoms with Crippen LogP contribution in [-0.2, 0) is 16.4 Å². The number of nitrogens with one attached hydrogen (secondary N) is 1. The lowest BCUT2D eigenvalue weighted by Crippen LogP contribution is -2.31. The predicted molar refractivity (Wildman–Crippen MR) is 105 cm³/mol. The zero-order valence-electron chi connectivity index (χ0n) is 14.4. The average Bonchev–Trinajstić information content (AvgIpc) is 3.09. The van der Waals surface area contributed by atoms with Crippen molar-refractivity contribution >= 4 is 31.4 Å². The molecule has 0 saturated heterocycles. The molecule has 1 heterocycles. The first-order valence-corrected chi connectivity index (χ1v) is 10.8.